The largest absolute Gasteiger partial charge is 0.344 e. The van der Waals surface area contributed by atoms with E-state index in [4.69, 9.17) is 0 Å². The van der Waals surface area contributed by atoms with Crippen molar-refractivity contribution in [3.8, 4) is 0 Å². The topological polar surface area (TPSA) is 53.5 Å². The summed E-state index contributed by atoms with van der Waals surface area (Å²) >= 11 is 0. The van der Waals surface area contributed by atoms with E-state index in [1.165, 1.54) is 17.0 Å². The van der Waals surface area contributed by atoms with Crippen LogP contribution in [0.1, 0.15) is 41.2 Å². The number of hydrogen-bond donors (Lipinski definition) is 0. The van der Waals surface area contributed by atoms with Crippen molar-refractivity contribution in [1.82, 2.24) is 14.8 Å². The summed E-state index contributed by atoms with van der Waals surface area (Å²) in [4.78, 5) is 33.1. The van der Waals surface area contributed by atoms with E-state index < -0.39 is 11.9 Å². The second-order valence-electron chi connectivity index (χ2n) is 7.01. The molecule has 25 heavy (non-hydrogen) atoms. The van der Waals surface area contributed by atoms with Crippen LogP contribution in [0.2, 0.25) is 0 Å². The van der Waals surface area contributed by atoms with Crippen molar-refractivity contribution < 1.29 is 14.0 Å². The number of amides is 2. The maximum Gasteiger partial charge on any atom is 0.255 e. The van der Waals surface area contributed by atoms with Gasteiger partial charge in [0.2, 0.25) is 5.91 Å². The SMILES string of the molecule is CN1CCC(N(C)C(=O)c2cc(C3CC3)nc3ccc(F)cc23)C1=O. The summed E-state index contributed by atoms with van der Waals surface area (Å²) in [5.41, 5.74) is 1.93. The molecule has 0 bridgehead atoms. The highest BCUT2D eigenvalue weighted by atomic mass is 19.1. The molecule has 0 N–H and O–H groups in total. The van der Waals surface area contributed by atoms with Crippen LogP contribution in [-0.4, -0.2) is 53.3 Å². The number of rotatable bonds is 3. The van der Waals surface area contributed by atoms with Gasteiger partial charge < -0.3 is 9.80 Å². The molecule has 2 amide bonds. The Morgan fingerprint density at radius 1 is 1.28 bits per heavy atom. The molecule has 6 heteroatoms. The van der Waals surface area contributed by atoms with E-state index in [1.807, 2.05) is 0 Å². The number of benzene rings is 1. The second-order valence-corrected chi connectivity index (χ2v) is 7.01. The third-order valence-electron chi connectivity index (χ3n) is 5.20. The summed E-state index contributed by atoms with van der Waals surface area (Å²) in [7, 11) is 3.38. The fourth-order valence-corrected chi connectivity index (χ4v) is 3.48. The zero-order chi connectivity index (χ0) is 17.7. The first-order chi connectivity index (χ1) is 12.0. The van der Waals surface area contributed by atoms with Gasteiger partial charge in [-0.2, -0.15) is 0 Å². The van der Waals surface area contributed by atoms with Crippen LogP contribution in [0.5, 0.6) is 0 Å². The summed E-state index contributed by atoms with van der Waals surface area (Å²) in [6.07, 6.45) is 2.74. The molecule has 1 aliphatic heterocycles. The molecule has 1 atom stereocenters. The van der Waals surface area contributed by atoms with Gasteiger partial charge in [-0.3, -0.25) is 14.6 Å². The number of nitrogens with zero attached hydrogens (tertiary/aromatic N) is 3. The molecule has 2 aromatic rings. The molecule has 1 unspecified atom stereocenters. The lowest BCUT2D eigenvalue weighted by molar-refractivity contribution is -0.130. The summed E-state index contributed by atoms with van der Waals surface area (Å²) in [5.74, 6) is -0.330. The van der Waals surface area contributed by atoms with E-state index in [9.17, 15) is 14.0 Å². The zero-order valence-electron chi connectivity index (χ0n) is 14.3. The zero-order valence-corrected chi connectivity index (χ0v) is 14.3. The average molecular weight is 341 g/mol. The minimum atomic E-state index is -0.460. The molecule has 0 spiro atoms. The highest BCUT2D eigenvalue weighted by Gasteiger charge is 2.36. The summed E-state index contributed by atoms with van der Waals surface area (Å²) in [6.45, 7) is 0.639. The quantitative estimate of drug-likeness (QED) is 0.862. The molecule has 1 aromatic carbocycles. The molecule has 1 saturated heterocycles. The van der Waals surface area contributed by atoms with E-state index in [1.54, 1.807) is 31.1 Å². The molecule has 2 heterocycles. The average Bonchev–Trinajstić information content (AvgIpc) is 3.40. The number of halogens is 1. The summed E-state index contributed by atoms with van der Waals surface area (Å²) < 4.78 is 13.8. The predicted octanol–water partition coefficient (Wildman–Crippen LogP) is 2.55. The highest BCUT2D eigenvalue weighted by molar-refractivity contribution is 6.07. The molecule has 1 aromatic heterocycles. The van der Waals surface area contributed by atoms with Gasteiger partial charge in [0.05, 0.1) is 11.1 Å². The molecular weight excluding hydrogens is 321 g/mol. The Hall–Kier alpha value is -2.50. The van der Waals surface area contributed by atoms with Gasteiger partial charge in [-0.05, 0) is 43.5 Å². The third kappa shape index (κ3) is 2.75. The van der Waals surface area contributed by atoms with E-state index in [0.29, 0.717) is 35.3 Å². The molecule has 5 nitrogen and oxygen atoms in total. The van der Waals surface area contributed by atoms with Gasteiger partial charge in [-0.25, -0.2) is 4.39 Å². The Labute approximate surface area is 145 Å². The molecule has 1 saturated carbocycles. The van der Waals surface area contributed by atoms with Crippen molar-refractivity contribution in [3.05, 3.63) is 41.3 Å². The summed E-state index contributed by atoms with van der Waals surface area (Å²) in [5, 5.41) is 0.500. The Morgan fingerprint density at radius 2 is 2.04 bits per heavy atom. The first kappa shape index (κ1) is 16.0. The fourth-order valence-electron chi connectivity index (χ4n) is 3.48. The Morgan fingerprint density at radius 3 is 2.68 bits per heavy atom. The maximum absolute atomic E-state index is 13.8. The number of carbonyl (C=O) groups excluding carboxylic acids is 2. The first-order valence-corrected chi connectivity index (χ1v) is 8.58. The van der Waals surface area contributed by atoms with Gasteiger partial charge in [0, 0.05) is 37.6 Å². The standard InChI is InChI=1S/C19H20FN3O2/c1-22-8-7-17(19(22)25)23(2)18(24)14-10-16(11-3-4-11)21-15-6-5-12(20)9-13(14)15/h5-6,9-11,17H,3-4,7-8H2,1-2H3. The molecule has 130 valence electrons. The lowest BCUT2D eigenvalue weighted by atomic mass is 10.0. The molecule has 2 aliphatic rings. The van der Waals surface area contributed by atoms with E-state index in [-0.39, 0.29) is 11.8 Å². The number of pyridine rings is 1. The van der Waals surface area contributed by atoms with Crippen LogP contribution in [0.15, 0.2) is 24.3 Å². The van der Waals surface area contributed by atoms with Crippen LogP contribution in [0.3, 0.4) is 0 Å². The number of aromatic nitrogens is 1. The fraction of sp³-hybridized carbons (Fsp3) is 0.421. The van der Waals surface area contributed by atoms with E-state index in [2.05, 4.69) is 4.98 Å². The van der Waals surface area contributed by atoms with Gasteiger partial charge in [-0.1, -0.05) is 0 Å². The van der Waals surface area contributed by atoms with Crippen molar-refractivity contribution >= 4 is 22.7 Å². The van der Waals surface area contributed by atoms with Gasteiger partial charge in [0.25, 0.3) is 5.91 Å². The van der Waals surface area contributed by atoms with E-state index in [0.717, 1.165) is 18.5 Å². The smallest absolute Gasteiger partial charge is 0.255 e. The number of likely N-dealkylation sites (N-methyl/N-ethyl adjacent to an activating group) is 2. The van der Waals surface area contributed by atoms with Gasteiger partial charge >= 0.3 is 0 Å². The van der Waals surface area contributed by atoms with Crippen LogP contribution < -0.4 is 0 Å². The van der Waals surface area contributed by atoms with Crippen LogP contribution in [0, 0.1) is 5.82 Å². The van der Waals surface area contributed by atoms with Crippen molar-refractivity contribution in [3.63, 3.8) is 0 Å². The number of carbonyl (C=O) groups is 2. The minimum Gasteiger partial charge on any atom is -0.344 e. The molecule has 2 fully saturated rings. The van der Waals surface area contributed by atoms with Crippen molar-refractivity contribution in [2.45, 2.75) is 31.2 Å². The number of hydrogen-bond acceptors (Lipinski definition) is 3. The first-order valence-electron chi connectivity index (χ1n) is 8.58. The van der Waals surface area contributed by atoms with Gasteiger partial charge in [0.1, 0.15) is 11.9 Å². The lowest BCUT2D eigenvalue weighted by Gasteiger charge is -2.24. The number of likely N-dealkylation sites (tertiary alicyclic amines) is 1. The third-order valence-corrected chi connectivity index (χ3v) is 5.20. The molecule has 4 rings (SSSR count). The van der Waals surface area contributed by atoms with Crippen molar-refractivity contribution in [2.24, 2.45) is 0 Å². The number of fused-ring (bicyclic) bond motifs is 1. The molecule has 1 aliphatic carbocycles. The van der Waals surface area contributed by atoms with Crippen LogP contribution in [0.4, 0.5) is 4.39 Å². The Kier molecular flexibility index (Phi) is 3.71. The minimum absolute atomic E-state index is 0.0530. The monoisotopic (exact) mass is 341 g/mol. The van der Waals surface area contributed by atoms with Crippen LogP contribution >= 0.6 is 0 Å². The lowest BCUT2D eigenvalue weighted by Crippen LogP contribution is -2.42. The van der Waals surface area contributed by atoms with Crippen molar-refractivity contribution in [2.75, 3.05) is 20.6 Å². The predicted molar refractivity (Wildman–Crippen MR) is 91.8 cm³/mol. The van der Waals surface area contributed by atoms with Crippen LogP contribution in [-0.2, 0) is 4.79 Å². The maximum atomic E-state index is 13.8. The van der Waals surface area contributed by atoms with Crippen LogP contribution in [0.25, 0.3) is 10.9 Å². The summed E-state index contributed by atoms with van der Waals surface area (Å²) in [6, 6.07) is 5.64. The van der Waals surface area contributed by atoms with E-state index >= 15 is 0 Å². The highest BCUT2D eigenvalue weighted by Crippen LogP contribution is 2.40. The normalized spacial score (nSPS) is 20.4. The van der Waals surface area contributed by atoms with Gasteiger partial charge in [0.15, 0.2) is 0 Å². The van der Waals surface area contributed by atoms with Crippen molar-refractivity contribution in [1.29, 1.82) is 0 Å². The second kappa shape index (κ2) is 5.79. The Bertz CT molecular complexity index is 878. The molecular formula is C19H20FN3O2. The molecule has 0 radical (unpaired) electrons. The Balaban J connectivity index is 1.77. The van der Waals surface area contributed by atoms with Gasteiger partial charge in [-0.15, -0.1) is 0 Å².